The number of hydrogen-bond donors (Lipinski definition) is 2. The summed E-state index contributed by atoms with van der Waals surface area (Å²) in [5.74, 6) is -0.501. The number of carbonyl (C=O) groups excluding carboxylic acids is 1. The van der Waals surface area contributed by atoms with Crippen LogP contribution in [0.2, 0.25) is 0 Å². The van der Waals surface area contributed by atoms with Crippen LogP contribution in [0.15, 0.2) is 84.4 Å². The molecule has 0 atom stereocenters. The van der Waals surface area contributed by atoms with Crippen LogP contribution in [-0.2, 0) is 9.59 Å². The number of carbonyl (C=O) groups is 2. The van der Waals surface area contributed by atoms with Gasteiger partial charge in [0.1, 0.15) is 23.1 Å². The van der Waals surface area contributed by atoms with Gasteiger partial charge in [0.25, 0.3) is 5.91 Å². The molecule has 0 spiro atoms. The molecule has 154 valence electrons. The van der Waals surface area contributed by atoms with Gasteiger partial charge in [0.15, 0.2) is 12.4 Å². The van der Waals surface area contributed by atoms with Gasteiger partial charge in [-0.3, -0.25) is 4.79 Å². The van der Waals surface area contributed by atoms with E-state index in [0.29, 0.717) is 22.7 Å². The lowest BCUT2D eigenvalue weighted by molar-refractivity contribution is -0.139. The van der Waals surface area contributed by atoms with Gasteiger partial charge in [0.05, 0.1) is 5.69 Å². The predicted molar refractivity (Wildman–Crippen MR) is 115 cm³/mol. The molecule has 0 radical (unpaired) electrons. The number of nitrogens with zero attached hydrogens (tertiary/aromatic N) is 1. The van der Waals surface area contributed by atoms with Crippen molar-refractivity contribution in [3.63, 3.8) is 0 Å². The summed E-state index contributed by atoms with van der Waals surface area (Å²) in [5, 5.41) is 21.0. The summed E-state index contributed by atoms with van der Waals surface area (Å²) in [6.45, 7) is -0.539. The van der Waals surface area contributed by atoms with Crippen LogP contribution in [0.1, 0.15) is 5.56 Å². The van der Waals surface area contributed by atoms with Crippen LogP contribution in [0, 0.1) is 11.3 Å². The minimum atomic E-state index is -1.13. The topological polar surface area (TPSA) is 109 Å². The first-order valence-corrected chi connectivity index (χ1v) is 9.25. The number of benzene rings is 3. The molecule has 31 heavy (non-hydrogen) atoms. The van der Waals surface area contributed by atoms with Gasteiger partial charge >= 0.3 is 5.97 Å². The van der Waals surface area contributed by atoms with Gasteiger partial charge in [-0.25, -0.2) is 4.79 Å². The van der Waals surface area contributed by atoms with Crippen molar-refractivity contribution >= 4 is 23.6 Å². The second kappa shape index (κ2) is 10.3. The molecule has 1 amide bonds. The summed E-state index contributed by atoms with van der Waals surface area (Å²) < 4.78 is 11.0. The molecule has 0 unspecified atom stereocenters. The number of amides is 1. The fraction of sp³-hybridized carbons (Fsp3) is 0.0417. The lowest BCUT2D eigenvalue weighted by Crippen LogP contribution is -2.14. The Morgan fingerprint density at radius 2 is 1.58 bits per heavy atom. The first-order chi connectivity index (χ1) is 15.1. The zero-order chi connectivity index (χ0) is 22.1. The van der Waals surface area contributed by atoms with Crippen molar-refractivity contribution in [2.45, 2.75) is 0 Å². The van der Waals surface area contributed by atoms with Crippen molar-refractivity contribution in [3.05, 3.63) is 90.0 Å². The van der Waals surface area contributed by atoms with Gasteiger partial charge in [-0.15, -0.1) is 0 Å². The molecule has 0 aliphatic heterocycles. The Hall–Kier alpha value is -4.57. The van der Waals surface area contributed by atoms with Crippen molar-refractivity contribution < 1.29 is 24.2 Å². The van der Waals surface area contributed by atoms with E-state index in [4.69, 9.17) is 14.6 Å². The van der Waals surface area contributed by atoms with Crippen molar-refractivity contribution in [2.24, 2.45) is 0 Å². The van der Waals surface area contributed by atoms with E-state index in [-0.39, 0.29) is 11.3 Å². The molecule has 0 aliphatic carbocycles. The molecule has 7 nitrogen and oxygen atoms in total. The van der Waals surface area contributed by atoms with E-state index in [9.17, 15) is 14.9 Å². The van der Waals surface area contributed by atoms with E-state index in [1.54, 1.807) is 60.7 Å². The second-order valence-electron chi connectivity index (χ2n) is 6.26. The maximum absolute atomic E-state index is 12.7. The number of anilines is 1. The van der Waals surface area contributed by atoms with E-state index in [2.05, 4.69) is 5.32 Å². The third kappa shape index (κ3) is 5.95. The molecular formula is C24H18N2O5. The molecule has 3 rings (SSSR count). The van der Waals surface area contributed by atoms with Gasteiger partial charge in [0.2, 0.25) is 0 Å². The highest BCUT2D eigenvalue weighted by atomic mass is 16.5. The molecule has 3 aromatic carbocycles. The SMILES string of the molecule is N#C/C(=C\c1ccccc1OCC(=O)O)C(=O)Nc1ccccc1Oc1ccccc1. The van der Waals surface area contributed by atoms with Gasteiger partial charge < -0.3 is 19.9 Å². The molecule has 7 heteroatoms. The number of carboxylic acid groups (broad SMARTS) is 1. The molecule has 0 fully saturated rings. The van der Waals surface area contributed by atoms with E-state index in [0.717, 1.165) is 0 Å². The predicted octanol–water partition coefficient (Wildman–Crippen LogP) is 4.49. The zero-order valence-corrected chi connectivity index (χ0v) is 16.3. The minimum Gasteiger partial charge on any atom is -0.481 e. The van der Waals surface area contributed by atoms with Crippen molar-refractivity contribution in [3.8, 4) is 23.3 Å². The van der Waals surface area contributed by atoms with E-state index in [1.807, 2.05) is 24.3 Å². The number of hydrogen-bond acceptors (Lipinski definition) is 5. The van der Waals surface area contributed by atoms with Gasteiger partial charge in [-0.1, -0.05) is 48.5 Å². The summed E-state index contributed by atoms with van der Waals surface area (Å²) >= 11 is 0. The molecule has 0 aromatic heterocycles. The maximum atomic E-state index is 12.7. The quantitative estimate of drug-likeness (QED) is 0.415. The third-order valence-electron chi connectivity index (χ3n) is 4.04. The number of carboxylic acids is 1. The smallest absolute Gasteiger partial charge is 0.341 e. The van der Waals surface area contributed by atoms with Crippen LogP contribution in [0.4, 0.5) is 5.69 Å². The Labute approximate surface area is 178 Å². The molecule has 0 bridgehead atoms. The van der Waals surface area contributed by atoms with Gasteiger partial charge in [-0.05, 0) is 36.4 Å². The number of rotatable bonds is 8. The standard InChI is InChI=1S/C24H18N2O5/c25-15-18(14-17-8-4-6-12-21(17)30-16-23(27)28)24(29)26-20-11-5-7-13-22(20)31-19-9-2-1-3-10-19/h1-14H,16H2,(H,26,29)(H,27,28)/b18-14+. The van der Waals surface area contributed by atoms with Crippen molar-refractivity contribution in [1.82, 2.24) is 0 Å². The molecular weight excluding hydrogens is 396 g/mol. The van der Waals surface area contributed by atoms with Crippen molar-refractivity contribution in [1.29, 1.82) is 5.26 Å². The second-order valence-corrected chi connectivity index (χ2v) is 6.26. The first kappa shape index (κ1) is 21.1. The number of nitriles is 1. The normalized spacial score (nSPS) is 10.6. The number of aliphatic carboxylic acids is 1. The van der Waals surface area contributed by atoms with Crippen LogP contribution in [0.25, 0.3) is 6.08 Å². The number of para-hydroxylation sites is 4. The van der Waals surface area contributed by atoms with E-state index >= 15 is 0 Å². The van der Waals surface area contributed by atoms with Crippen LogP contribution in [-0.4, -0.2) is 23.6 Å². The van der Waals surface area contributed by atoms with Gasteiger partial charge in [0, 0.05) is 5.56 Å². The lowest BCUT2D eigenvalue weighted by Gasteiger charge is -2.12. The van der Waals surface area contributed by atoms with Crippen LogP contribution in [0.3, 0.4) is 0 Å². The molecule has 2 N–H and O–H groups in total. The van der Waals surface area contributed by atoms with Gasteiger partial charge in [-0.2, -0.15) is 5.26 Å². The molecule has 0 saturated carbocycles. The summed E-state index contributed by atoms with van der Waals surface area (Å²) in [4.78, 5) is 23.5. The molecule has 0 aliphatic rings. The fourth-order valence-corrected chi connectivity index (χ4v) is 2.64. The monoisotopic (exact) mass is 414 g/mol. The highest BCUT2D eigenvalue weighted by Crippen LogP contribution is 2.29. The Morgan fingerprint density at radius 1 is 0.935 bits per heavy atom. The highest BCUT2D eigenvalue weighted by molar-refractivity contribution is 6.10. The Kier molecular flexibility index (Phi) is 7.01. The first-order valence-electron chi connectivity index (χ1n) is 9.25. The zero-order valence-electron chi connectivity index (χ0n) is 16.3. The van der Waals surface area contributed by atoms with Crippen LogP contribution < -0.4 is 14.8 Å². The summed E-state index contributed by atoms with van der Waals surface area (Å²) in [6, 6.07) is 24.4. The average molecular weight is 414 g/mol. The molecule has 0 saturated heterocycles. The lowest BCUT2D eigenvalue weighted by atomic mass is 10.1. The Balaban J connectivity index is 1.82. The van der Waals surface area contributed by atoms with Crippen LogP contribution >= 0.6 is 0 Å². The number of nitrogens with one attached hydrogen (secondary N) is 1. The maximum Gasteiger partial charge on any atom is 0.341 e. The fourth-order valence-electron chi connectivity index (χ4n) is 2.64. The van der Waals surface area contributed by atoms with E-state index in [1.165, 1.54) is 6.08 Å². The largest absolute Gasteiger partial charge is 0.481 e. The summed E-state index contributed by atoms with van der Waals surface area (Å²) in [5.41, 5.74) is 0.623. The van der Waals surface area contributed by atoms with Crippen molar-refractivity contribution in [2.75, 3.05) is 11.9 Å². The minimum absolute atomic E-state index is 0.180. The summed E-state index contributed by atoms with van der Waals surface area (Å²) in [7, 11) is 0. The van der Waals surface area contributed by atoms with Crippen LogP contribution in [0.5, 0.6) is 17.2 Å². The average Bonchev–Trinajstić information content (AvgIpc) is 2.78. The third-order valence-corrected chi connectivity index (χ3v) is 4.04. The Morgan fingerprint density at radius 3 is 2.29 bits per heavy atom. The highest BCUT2D eigenvalue weighted by Gasteiger charge is 2.14. The summed E-state index contributed by atoms with van der Waals surface area (Å²) in [6.07, 6.45) is 1.34. The number of ether oxygens (including phenoxy) is 2. The molecule has 0 heterocycles. The molecule has 3 aromatic rings. The van der Waals surface area contributed by atoms with E-state index < -0.39 is 18.5 Å². The Bertz CT molecular complexity index is 1150.